The average Bonchev–Trinajstić information content (AvgIpc) is 3.72. The number of aromatic amines is 2. The molecule has 0 saturated carbocycles. The van der Waals surface area contributed by atoms with E-state index in [-0.39, 0.29) is 5.82 Å². The number of hydrogen-bond acceptors (Lipinski definition) is 6. The van der Waals surface area contributed by atoms with Gasteiger partial charge in [0.15, 0.2) is 0 Å². The summed E-state index contributed by atoms with van der Waals surface area (Å²) in [5.41, 5.74) is 7.24. The fourth-order valence-corrected chi connectivity index (χ4v) is 5.28. The Morgan fingerprint density at radius 3 is 2.64 bits per heavy atom. The van der Waals surface area contributed by atoms with Gasteiger partial charge in [0.05, 0.1) is 28.6 Å². The van der Waals surface area contributed by atoms with Gasteiger partial charge in [-0.3, -0.25) is 20.0 Å². The Morgan fingerprint density at radius 1 is 0.897 bits per heavy atom. The zero-order chi connectivity index (χ0) is 26.2. The first-order chi connectivity index (χ1) is 19.2. The van der Waals surface area contributed by atoms with Crippen molar-refractivity contribution in [2.24, 2.45) is 0 Å². The normalized spacial score (nSPS) is 14.0. The topological polar surface area (TPSA) is 95.6 Å². The molecule has 7 rings (SSSR count). The molecule has 194 valence electrons. The number of rotatable bonds is 7. The highest BCUT2D eigenvalue weighted by molar-refractivity contribution is 6.00. The monoisotopic (exact) mass is 519 g/mol. The molecule has 1 aliphatic heterocycles. The van der Waals surface area contributed by atoms with Crippen LogP contribution in [0.5, 0.6) is 5.75 Å². The van der Waals surface area contributed by atoms with Gasteiger partial charge in [-0.25, -0.2) is 9.37 Å². The van der Waals surface area contributed by atoms with Gasteiger partial charge in [0.1, 0.15) is 29.4 Å². The summed E-state index contributed by atoms with van der Waals surface area (Å²) in [5, 5.41) is 8.55. The molecule has 1 fully saturated rings. The van der Waals surface area contributed by atoms with Gasteiger partial charge in [-0.15, -0.1) is 0 Å². The van der Waals surface area contributed by atoms with Gasteiger partial charge in [0.25, 0.3) is 0 Å². The van der Waals surface area contributed by atoms with Crippen LogP contribution in [0.1, 0.15) is 12.8 Å². The minimum Gasteiger partial charge on any atom is -0.492 e. The first-order valence-corrected chi connectivity index (χ1v) is 13.1. The number of ether oxygens (including phenoxy) is 1. The molecule has 0 unspecified atom stereocenters. The van der Waals surface area contributed by atoms with Crippen molar-refractivity contribution >= 4 is 21.9 Å². The van der Waals surface area contributed by atoms with Crippen LogP contribution in [0.15, 0.2) is 73.3 Å². The standard InChI is InChI=1S/C30H26FN7O/c31-21-13-20(14-22(15-21)39-12-11-38-9-1-2-10-38)24-17-33-18-28-23(24)16-27(34-28)30-29-26(36-37-30)4-3-25(35-29)19-5-7-32-8-6-19/h3-8,13-18,34H,1-2,9-12H2,(H,36,37). The second-order valence-electron chi connectivity index (χ2n) is 9.80. The van der Waals surface area contributed by atoms with Gasteiger partial charge >= 0.3 is 0 Å². The number of nitrogens with zero attached hydrogens (tertiary/aromatic N) is 5. The van der Waals surface area contributed by atoms with Crippen LogP contribution in [-0.2, 0) is 0 Å². The smallest absolute Gasteiger partial charge is 0.135 e. The van der Waals surface area contributed by atoms with Crippen molar-refractivity contribution in [1.82, 2.24) is 35.0 Å². The van der Waals surface area contributed by atoms with Crippen molar-refractivity contribution in [3.63, 3.8) is 0 Å². The third kappa shape index (κ3) is 4.61. The number of likely N-dealkylation sites (tertiary alicyclic amines) is 1. The molecule has 0 aliphatic carbocycles. The maximum Gasteiger partial charge on any atom is 0.135 e. The van der Waals surface area contributed by atoms with Gasteiger partial charge in [0, 0.05) is 47.7 Å². The quantitative estimate of drug-likeness (QED) is 0.275. The summed E-state index contributed by atoms with van der Waals surface area (Å²) in [6.07, 6.45) is 9.48. The van der Waals surface area contributed by atoms with Gasteiger partial charge in [0.2, 0.25) is 0 Å². The Hall–Kier alpha value is -4.63. The molecule has 0 bridgehead atoms. The van der Waals surface area contributed by atoms with Crippen LogP contribution in [0.4, 0.5) is 4.39 Å². The van der Waals surface area contributed by atoms with E-state index in [1.54, 1.807) is 24.8 Å². The number of benzene rings is 1. The second-order valence-corrected chi connectivity index (χ2v) is 9.80. The van der Waals surface area contributed by atoms with E-state index in [1.807, 2.05) is 36.4 Å². The third-order valence-electron chi connectivity index (χ3n) is 7.24. The summed E-state index contributed by atoms with van der Waals surface area (Å²) < 4.78 is 20.6. The van der Waals surface area contributed by atoms with Gasteiger partial charge < -0.3 is 9.72 Å². The number of fused-ring (bicyclic) bond motifs is 2. The Bertz CT molecular complexity index is 1770. The molecule has 5 aromatic heterocycles. The predicted molar refractivity (Wildman–Crippen MR) is 149 cm³/mol. The molecule has 6 heterocycles. The molecule has 0 spiro atoms. The molecule has 2 N–H and O–H groups in total. The molecule has 1 saturated heterocycles. The van der Waals surface area contributed by atoms with Crippen LogP contribution in [0.3, 0.4) is 0 Å². The van der Waals surface area contributed by atoms with E-state index in [1.165, 1.54) is 25.0 Å². The third-order valence-corrected chi connectivity index (χ3v) is 7.24. The van der Waals surface area contributed by atoms with E-state index in [4.69, 9.17) is 9.72 Å². The summed E-state index contributed by atoms with van der Waals surface area (Å²) in [4.78, 5) is 19.2. The van der Waals surface area contributed by atoms with Crippen LogP contribution >= 0.6 is 0 Å². The van der Waals surface area contributed by atoms with E-state index in [2.05, 4.69) is 30.0 Å². The highest BCUT2D eigenvalue weighted by atomic mass is 19.1. The number of H-pyrrole nitrogens is 2. The highest BCUT2D eigenvalue weighted by Crippen LogP contribution is 2.35. The number of nitrogens with one attached hydrogen (secondary N) is 2. The number of aromatic nitrogens is 6. The molecule has 0 amide bonds. The Kier molecular flexibility index (Phi) is 5.97. The average molecular weight is 520 g/mol. The van der Waals surface area contributed by atoms with E-state index < -0.39 is 0 Å². The Morgan fingerprint density at radius 2 is 1.77 bits per heavy atom. The number of pyridine rings is 3. The Labute approximate surface area is 223 Å². The first kappa shape index (κ1) is 23.5. The summed E-state index contributed by atoms with van der Waals surface area (Å²) in [6.45, 7) is 3.58. The van der Waals surface area contributed by atoms with Crippen LogP contribution in [0.2, 0.25) is 0 Å². The van der Waals surface area contributed by atoms with Crippen LogP contribution in [-0.4, -0.2) is 61.3 Å². The van der Waals surface area contributed by atoms with E-state index in [9.17, 15) is 4.39 Å². The first-order valence-electron chi connectivity index (χ1n) is 13.1. The minimum absolute atomic E-state index is 0.345. The predicted octanol–water partition coefficient (Wildman–Crippen LogP) is 5.84. The molecule has 9 heteroatoms. The summed E-state index contributed by atoms with van der Waals surface area (Å²) in [6, 6.07) is 14.6. The molecular formula is C30H26FN7O. The molecule has 1 aromatic carbocycles. The molecule has 8 nitrogen and oxygen atoms in total. The van der Waals surface area contributed by atoms with E-state index in [0.717, 1.165) is 64.1 Å². The molecule has 39 heavy (non-hydrogen) atoms. The number of hydrogen-bond donors (Lipinski definition) is 2. The molecule has 1 aliphatic rings. The van der Waals surface area contributed by atoms with Gasteiger partial charge in [-0.2, -0.15) is 5.10 Å². The molecular weight excluding hydrogens is 493 g/mol. The minimum atomic E-state index is -0.345. The lowest BCUT2D eigenvalue weighted by atomic mass is 10.0. The fourth-order valence-electron chi connectivity index (χ4n) is 5.28. The molecule has 6 aromatic rings. The fraction of sp³-hybridized carbons (Fsp3) is 0.200. The van der Waals surface area contributed by atoms with Crippen LogP contribution in [0.25, 0.3) is 55.7 Å². The summed E-state index contributed by atoms with van der Waals surface area (Å²) in [7, 11) is 0. The van der Waals surface area contributed by atoms with Crippen molar-refractivity contribution in [1.29, 1.82) is 0 Å². The van der Waals surface area contributed by atoms with Crippen LogP contribution in [0, 0.1) is 5.82 Å². The summed E-state index contributed by atoms with van der Waals surface area (Å²) >= 11 is 0. The Balaban J connectivity index is 1.23. The maximum atomic E-state index is 14.7. The lowest BCUT2D eigenvalue weighted by Gasteiger charge is -2.15. The van der Waals surface area contributed by atoms with Crippen molar-refractivity contribution < 1.29 is 9.13 Å². The zero-order valence-corrected chi connectivity index (χ0v) is 21.2. The zero-order valence-electron chi connectivity index (χ0n) is 21.2. The number of halogens is 1. The lowest BCUT2D eigenvalue weighted by Crippen LogP contribution is -2.25. The molecule has 0 atom stereocenters. The van der Waals surface area contributed by atoms with Crippen molar-refractivity contribution in [3.8, 4) is 39.5 Å². The van der Waals surface area contributed by atoms with Gasteiger partial charge in [-0.05, 0) is 74.0 Å². The van der Waals surface area contributed by atoms with Crippen molar-refractivity contribution in [3.05, 3.63) is 79.1 Å². The summed E-state index contributed by atoms with van der Waals surface area (Å²) in [5.74, 6) is 0.172. The van der Waals surface area contributed by atoms with Crippen LogP contribution < -0.4 is 4.74 Å². The van der Waals surface area contributed by atoms with Crippen molar-refractivity contribution in [2.75, 3.05) is 26.2 Å². The van der Waals surface area contributed by atoms with Crippen molar-refractivity contribution in [2.45, 2.75) is 12.8 Å². The molecule has 0 radical (unpaired) electrons. The highest BCUT2D eigenvalue weighted by Gasteiger charge is 2.17. The van der Waals surface area contributed by atoms with Gasteiger partial charge in [-0.1, -0.05) is 0 Å². The maximum absolute atomic E-state index is 14.7. The largest absolute Gasteiger partial charge is 0.492 e. The SMILES string of the molecule is Fc1cc(OCCN2CCCC2)cc(-c2cncc3[nH]c(-c4n[nH]c5ccc(-c6ccncc6)nc45)cc23)c1. The van der Waals surface area contributed by atoms with E-state index >= 15 is 0 Å². The van der Waals surface area contributed by atoms with E-state index in [0.29, 0.717) is 23.6 Å². The lowest BCUT2D eigenvalue weighted by molar-refractivity contribution is 0.237. The second kappa shape index (κ2) is 9.92.